The normalized spacial score (nSPS) is 11.2. The fraction of sp³-hybridized carbons (Fsp3) is 0.294. The van der Waals surface area contributed by atoms with Gasteiger partial charge in [0.05, 0.1) is 5.69 Å². The summed E-state index contributed by atoms with van der Waals surface area (Å²) >= 11 is 1.74. The third-order valence-corrected chi connectivity index (χ3v) is 4.68. The van der Waals surface area contributed by atoms with Crippen molar-refractivity contribution >= 4 is 22.7 Å². The zero-order valence-corrected chi connectivity index (χ0v) is 13.6. The molecule has 5 heteroatoms. The van der Waals surface area contributed by atoms with Crippen molar-refractivity contribution in [2.24, 2.45) is 0 Å². The van der Waals surface area contributed by atoms with Crippen LogP contribution in [0, 0.1) is 20.8 Å². The Kier molecular flexibility index (Phi) is 4.07. The molecular formula is C17H17NO3S. The molecule has 0 bridgehead atoms. The fourth-order valence-electron chi connectivity index (χ4n) is 2.43. The maximum atomic E-state index is 11.7. The zero-order chi connectivity index (χ0) is 15.7. The average Bonchev–Trinajstić information content (AvgIpc) is 2.78. The van der Waals surface area contributed by atoms with E-state index < -0.39 is 0 Å². The summed E-state index contributed by atoms with van der Waals surface area (Å²) < 4.78 is 10.5. The first-order valence-electron chi connectivity index (χ1n) is 7.07. The highest BCUT2D eigenvalue weighted by atomic mass is 32.2. The van der Waals surface area contributed by atoms with Gasteiger partial charge in [-0.2, -0.15) is 11.8 Å². The van der Waals surface area contributed by atoms with Crippen LogP contribution >= 0.6 is 11.8 Å². The summed E-state index contributed by atoms with van der Waals surface area (Å²) in [5, 5.41) is 4.96. The summed E-state index contributed by atoms with van der Waals surface area (Å²) in [5.74, 6) is 2.42. The average molecular weight is 315 g/mol. The number of benzene rings is 1. The van der Waals surface area contributed by atoms with Crippen LogP contribution in [0.2, 0.25) is 0 Å². The molecule has 0 N–H and O–H groups in total. The van der Waals surface area contributed by atoms with Gasteiger partial charge in [-0.15, -0.1) is 0 Å². The number of aromatic nitrogens is 1. The minimum Gasteiger partial charge on any atom is -0.423 e. The molecule has 0 saturated heterocycles. The Hall–Kier alpha value is -2.01. The van der Waals surface area contributed by atoms with Crippen molar-refractivity contribution in [2.75, 3.05) is 0 Å². The van der Waals surface area contributed by atoms with E-state index in [1.165, 1.54) is 0 Å². The fourth-order valence-corrected chi connectivity index (χ4v) is 3.60. The molecular weight excluding hydrogens is 298 g/mol. The second-order valence-electron chi connectivity index (χ2n) is 5.39. The van der Waals surface area contributed by atoms with Crippen molar-refractivity contribution in [3.63, 3.8) is 0 Å². The lowest BCUT2D eigenvalue weighted by molar-refractivity contribution is 0.392. The summed E-state index contributed by atoms with van der Waals surface area (Å²) in [4.78, 5) is 11.7. The number of rotatable bonds is 4. The van der Waals surface area contributed by atoms with Crippen molar-refractivity contribution < 1.29 is 8.94 Å². The van der Waals surface area contributed by atoms with Crippen molar-refractivity contribution in [1.29, 1.82) is 0 Å². The smallest absolute Gasteiger partial charge is 0.336 e. The molecule has 3 aromatic rings. The van der Waals surface area contributed by atoms with Gasteiger partial charge in [-0.3, -0.25) is 0 Å². The van der Waals surface area contributed by atoms with Crippen LogP contribution in [0.1, 0.15) is 28.1 Å². The van der Waals surface area contributed by atoms with Gasteiger partial charge >= 0.3 is 5.63 Å². The largest absolute Gasteiger partial charge is 0.423 e. The lowest BCUT2D eigenvalue weighted by Gasteiger charge is -2.06. The number of fused-ring (bicyclic) bond motifs is 1. The Bertz CT molecular complexity index is 860. The molecule has 0 saturated carbocycles. The highest BCUT2D eigenvalue weighted by Crippen LogP contribution is 2.26. The van der Waals surface area contributed by atoms with Crippen LogP contribution < -0.4 is 5.63 Å². The predicted molar refractivity (Wildman–Crippen MR) is 88.2 cm³/mol. The second kappa shape index (κ2) is 6.01. The molecule has 0 radical (unpaired) electrons. The van der Waals surface area contributed by atoms with Gasteiger partial charge < -0.3 is 8.94 Å². The lowest BCUT2D eigenvalue weighted by Crippen LogP contribution is -2.00. The molecule has 22 heavy (non-hydrogen) atoms. The molecule has 2 aromatic heterocycles. The van der Waals surface area contributed by atoms with Gasteiger partial charge in [0.15, 0.2) is 0 Å². The zero-order valence-electron chi connectivity index (χ0n) is 12.8. The van der Waals surface area contributed by atoms with Crippen LogP contribution in [0.4, 0.5) is 0 Å². The second-order valence-corrected chi connectivity index (χ2v) is 6.37. The summed E-state index contributed by atoms with van der Waals surface area (Å²) in [6.07, 6.45) is 0. The Balaban J connectivity index is 1.83. The van der Waals surface area contributed by atoms with Crippen LogP contribution in [0.3, 0.4) is 0 Å². The molecule has 0 aliphatic rings. The van der Waals surface area contributed by atoms with E-state index in [1.54, 1.807) is 17.8 Å². The van der Waals surface area contributed by atoms with E-state index in [1.807, 2.05) is 39.0 Å². The van der Waals surface area contributed by atoms with E-state index in [0.29, 0.717) is 5.58 Å². The first-order chi connectivity index (χ1) is 10.5. The molecule has 114 valence electrons. The van der Waals surface area contributed by atoms with E-state index in [2.05, 4.69) is 5.16 Å². The van der Waals surface area contributed by atoms with E-state index >= 15 is 0 Å². The number of nitrogens with zero attached hydrogens (tertiary/aromatic N) is 1. The maximum Gasteiger partial charge on any atom is 0.336 e. The first-order valence-corrected chi connectivity index (χ1v) is 8.23. The van der Waals surface area contributed by atoms with Gasteiger partial charge in [-0.1, -0.05) is 17.3 Å². The van der Waals surface area contributed by atoms with Crippen molar-refractivity contribution in [3.8, 4) is 0 Å². The summed E-state index contributed by atoms with van der Waals surface area (Å²) in [5.41, 5.74) is 4.50. The molecule has 0 aliphatic heterocycles. The molecule has 0 unspecified atom stereocenters. The standard InChI is InChI=1S/C17H17NO3S/c1-10-4-5-14-13(7-17(19)20-16(14)6-10)8-22-9-15-11(2)18-21-12(15)3/h4-7H,8-9H2,1-3H3. The SMILES string of the molecule is Cc1ccc2c(CSCc3c(C)noc3C)cc(=O)oc2c1. The maximum absolute atomic E-state index is 11.7. The Morgan fingerprint density at radius 1 is 1.14 bits per heavy atom. The number of thioether (sulfide) groups is 1. The summed E-state index contributed by atoms with van der Waals surface area (Å²) in [6, 6.07) is 7.53. The molecule has 0 fully saturated rings. The molecule has 2 heterocycles. The Morgan fingerprint density at radius 3 is 2.68 bits per heavy atom. The van der Waals surface area contributed by atoms with Crippen LogP contribution in [-0.4, -0.2) is 5.16 Å². The van der Waals surface area contributed by atoms with Crippen LogP contribution in [0.15, 0.2) is 38.0 Å². The third-order valence-electron chi connectivity index (χ3n) is 3.67. The number of hydrogen-bond donors (Lipinski definition) is 0. The first kappa shape index (κ1) is 14.9. The van der Waals surface area contributed by atoms with Gasteiger partial charge in [0, 0.05) is 28.5 Å². The Labute approximate surface area is 132 Å². The molecule has 0 aliphatic carbocycles. The van der Waals surface area contributed by atoms with E-state index in [-0.39, 0.29) is 5.63 Å². The molecule has 0 atom stereocenters. The van der Waals surface area contributed by atoms with Gasteiger partial charge in [-0.05, 0) is 38.0 Å². The summed E-state index contributed by atoms with van der Waals surface area (Å²) in [7, 11) is 0. The third kappa shape index (κ3) is 2.95. The van der Waals surface area contributed by atoms with Crippen molar-refractivity contribution in [2.45, 2.75) is 32.3 Å². The minimum atomic E-state index is -0.300. The molecule has 3 rings (SSSR count). The van der Waals surface area contributed by atoms with Gasteiger partial charge in [0.2, 0.25) is 0 Å². The quantitative estimate of drug-likeness (QED) is 0.677. The van der Waals surface area contributed by atoms with E-state index in [0.717, 1.165) is 45.0 Å². The van der Waals surface area contributed by atoms with Crippen LogP contribution in [-0.2, 0) is 11.5 Å². The van der Waals surface area contributed by atoms with Gasteiger partial charge in [0.1, 0.15) is 11.3 Å². The predicted octanol–water partition coefficient (Wildman–Crippen LogP) is 4.14. The van der Waals surface area contributed by atoms with E-state index in [9.17, 15) is 4.79 Å². The molecule has 4 nitrogen and oxygen atoms in total. The topological polar surface area (TPSA) is 56.2 Å². The van der Waals surface area contributed by atoms with Crippen molar-refractivity contribution in [1.82, 2.24) is 5.16 Å². The molecule has 0 spiro atoms. The highest BCUT2D eigenvalue weighted by molar-refractivity contribution is 7.97. The van der Waals surface area contributed by atoms with Crippen LogP contribution in [0.25, 0.3) is 11.0 Å². The molecule has 0 amide bonds. The monoisotopic (exact) mass is 315 g/mol. The van der Waals surface area contributed by atoms with E-state index in [4.69, 9.17) is 8.94 Å². The van der Waals surface area contributed by atoms with Crippen molar-refractivity contribution in [3.05, 3.63) is 62.8 Å². The number of aryl methyl sites for hydroxylation is 3. The lowest BCUT2D eigenvalue weighted by atomic mass is 10.1. The Morgan fingerprint density at radius 2 is 1.95 bits per heavy atom. The van der Waals surface area contributed by atoms with Gasteiger partial charge in [-0.25, -0.2) is 4.79 Å². The number of hydrogen-bond acceptors (Lipinski definition) is 5. The highest BCUT2D eigenvalue weighted by Gasteiger charge is 2.10. The van der Waals surface area contributed by atoms with Gasteiger partial charge in [0.25, 0.3) is 0 Å². The molecule has 1 aromatic carbocycles. The summed E-state index contributed by atoms with van der Waals surface area (Å²) in [6.45, 7) is 5.85. The minimum absolute atomic E-state index is 0.300. The van der Waals surface area contributed by atoms with Crippen LogP contribution in [0.5, 0.6) is 0 Å².